The van der Waals surface area contributed by atoms with E-state index in [1.165, 1.54) is 6.07 Å². The second-order valence-electron chi connectivity index (χ2n) is 4.73. The molecule has 0 aliphatic carbocycles. The van der Waals surface area contributed by atoms with Gasteiger partial charge in [-0.3, -0.25) is 4.79 Å². The molecule has 4 rings (SSSR count). The maximum Gasteiger partial charge on any atom is 0.193 e. The smallest absolute Gasteiger partial charge is 0.193 e. The molecule has 0 aliphatic rings. The lowest BCUT2D eigenvalue weighted by Crippen LogP contribution is -2.01. The highest BCUT2D eigenvalue weighted by Crippen LogP contribution is 2.23. The van der Waals surface area contributed by atoms with Crippen LogP contribution in [0.25, 0.3) is 27.9 Å². The molecule has 0 atom stereocenters. The Labute approximate surface area is 127 Å². The van der Waals surface area contributed by atoms with E-state index in [2.05, 4.69) is 20.9 Å². The SMILES string of the molecule is O=c1cc(-c2cn3cccc3cn2)oc2ccc(Br)cc12. The van der Waals surface area contributed by atoms with Crippen LogP contribution in [-0.4, -0.2) is 9.38 Å². The summed E-state index contributed by atoms with van der Waals surface area (Å²) in [6.45, 7) is 0. The van der Waals surface area contributed by atoms with E-state index < -0.39 is 0 Å². The van der Waals surface area contributed by atoms with Crippen molar-refractivity contribution in [1.82, 2.24) is 9.38 Å². The first kappa shape index (κ1) is 12.3. The first-order valence-electron chi connectivity index (χ1n) is 6.37. The molecule has 0 bridgehead atoms. The Bertz CT molecular complexity index is 1030. The van der Waals surface area contributed by atoms with Crippen molar-refractivity contribution in [3.05, 3.63) is 69.7 Å². The molecular weight excluding hydrogens is 332 g/mol. The number of rotatable bonds is 1. The molecule has 5 heteroatoms. The molecule has 3 heterocycles. The van der Waals surface area contributed by atoms with Crippen LogP contribution in [0.3, 0.4) is 0 Å². The molecule has 102 valence electrons. The normalized spacial score (nSPS) is 11.3. The molecule has 0 saturated carbocycles. The number of halogens is 1. The van der Waals surface area contributed by atoms with Crippen molar-refractivity contribution in [3.63, 3.8) is 0 Å². The summed E-state index contributed by atoms with van der Waals surface area (Å²) in [5, 5.41) is 0.551. The van der Waals surface area contributed by atoms with Crippen molar-refractivity contribution in [2.45, 2.75) is 0 Å². The van der Waals surface area contributed by atoms with Gasteiger partial charge in [-0.1, -0.05) is 15.9 Å². The second kappa shape index (κ2) is 4.56. The summed E-state index contributed by atoms with van der Waals surface area (Å²) in [7, 11) is 0. The zero-order chi connectivity index (χ0) is 14.4. The van der Waals surface area contributed by atoms with E-state index in [-0.39, 0.29) is 5.43 Å². The Morgan fingerprint density at radius 3 is 3.00 bits per heavy atom. The predicted molar refractivity (Wildman–Crippen MR) is 84.4 cm³/mol. The average Bonchev–Trinajstić information content (AvgIpc) is 2.95. The zero-order valence-electron chi connectivity index (χ0n) is 10.8. The molecule has 0 fully saturated rings. The van der Waals surface area contributed by atoms with E-state index in [0.717, 1.165) is 9.99 Å². The van der Waals surface area contributed by atoms with E-state index in [9.17, 15) is 4.79 Å². The molecule has 0 amide bonds. The lowest BCUT2D eigenvalue weighted by Gasteiger charge is -2.04. The summed E-state index contributed by atoms with van der Waals surface area (Å²) in [6.07, 6.45) is 5.52. The van der Waals surface area contributed by atoms with Crippen LogP contribution >= 0.6 is 15.9 Å². The molecule has 21 heavy (non-hydrogen) atoms. The molecule has 0 spiro atoms. The lowest BCUT2D eigenvalue weighted by atomic mass is 10.2. The fourth-order valence-electron chi connectivity index (χ4n) is 2.32. The van der Waals surface area contributed by atoms with Crippen LogP contribution < -0.4 is 5.43 Å². The van der Waals surface area contributed by atoms with Crippen molar-refractivity contribution < 1.29 is 4.42 Å². The third-order valence-electron chi connectivity index (χ3n) is 3.35. The van der Waals surface area contributed by atoms with Crippen LogP contribution in [0.1, 0.15) is 0 Å². The van der Waals surface area contributed by atoms with Crippen molar-refractivity contribution >= 4 is 32.4 Å². The Hall–Kier alpha value is -2.40. The van der Waals surface area contributed by atoms with Gasteiger partial charge in [-0.2, -0.15) is 0 Å². The van der Waals surface area contributed by atoms with Gasteiger partial charge in [0, 0.05) is 22.9 Å². The summed E-state index contributed by atoms with van der Waals surface area (Å²) >= 11 is 3.36. The Balaban J connectivity index is 1.97. The minimum absolute atomic E-state index is 0.0815. The monoisotopic (exact) mass is 340 g/mol. The van der Waals surface area contributed by atoms with Crippen LogP contribution in [0.2, 0.25) is 0 Å². The molecule has 3 aromatic heterocycles. The maximum atomic E-state index is 12.2. The van der Waals surface area contributed by atoms with E-state index in [1.54, 1.807) is 18.3 Å². The topological polar surface area (TPSA) is 47.5 Å². The van der Waals surface area contributed by atoms with Gasteiger partial charge in [0.15, 0.2) is 11.2 Å². The molecule has 0 aliphatic heterocycles. The Morgan fingerprint density at radius 2 is 2.10 bits per heavy atom. The number of hydrogen-bond acceptors (Lipinski definition) is 3. The van der Waals surface area contributed by atoms with Gasteiger partial charge >= 0.3 is 0 Å². The van der Waals surface area contributed by atoms with Gasteiger partial charge in [0.05, 0.1) is 17.1 Å². The van der Waals surface area contributed by atoms with E-state index in [4.69, 9.17) is 4.42 Å². The molecule has 0 radical (unpaired) electrons. The quantitative estimate of drug-likeness (QED) is 0.528. The molecule has 0 saturated heterocycles. The summed E-state index contributed by atoms with van der Waals surface area (Å²) in [4.78, 5) is 16.6. The summed E-state index contributed by atoms with van der Waals surface area (Å²) < 4.78 is 8.60. The minimum atomic E-state index is -0.0815. The van der Waals surface area contributed by atoms with Crippen molar-refractivity contribution in [1.29, 1.82) is 0 Å². The molecule has 0 unspecified atom stereocenters. The summed E-state index contributed by atoms with van der Waals surface area (Å²) in [5.74, 6) is 0.463. The van der Waals surface area contributed by atoms with Crippen LogP contribution in [0, 0.1) is 0 Å². The van der Waals surface area contributed by atoms with Crippen molar-refractivity contribution in [2.24, 2.45) is 0 Å². The fraction of sp³-hybridized carbons (Fsp3) is 0. The van der Waals surface area contributed by atoms with E-state index in [1.807, 2.05) is 35.0 Å². The summed E-state index contributed by atoms with van der Waals surface area (Å²) in [6, 6.07) is 10.8. The molecular formula is C16H9BrN2O2. The standard InChI is InChI=1S/C16H9BrN2O2/c17-10-3-4-15-12(6-10)14(20)7-16(21-15)13-9-19-5-1-2-11(19)8-18-13/h1-9H. The average molecular weight is 341 g/mol. The summed E-state index contributed by atoms with van der Waals surface area (Å²) in [5.41, 5.74) is 2.09. The van der Waals surface area contributed by atoms with Crippen LogP contribution in [0.15, 0.2) is 68.7 Å². The van der Waals surface area contributed by atoms with Gasteiger partial charge in [-0.15, -0.1) is 0 Å². The molecule has 0 N–H and O–H groups in total. The van der Waals surface area contributed by atoms with Crippen LogP contribution in [0.5, 0.6) is 0 Å². The number of benzene rings is 1. The molecule has 4 aromatic rings. The minimum Gasteiger partial charge on any atom is -0.454 e. The third kappa shape index (κ3) is 2.06. The first-order chi connectivity index (χ1) is 10.2. The van der Waals surface area contributed by atoms with Crippen LogP contribution in [0.4, 0.5) is 0 Å². The molecule has 1 aromatic carbocycles. The number of fused-ring (bicyclic) bond motifs is 2. The highest BCUT2D eigenvalue weighted by Gasteiger charge is 2.09. The number of aromatic nitrogens is 2. The van der Waals surface area contributed by atoms with Gasteiger partial charge in [-0.25, -0.2) is 4.98 Å². The highest BCUT2D eigenvalue weighted by molar-refractivity contribution is 9.10. The first-order valence-corrected chi connectivity index (χ1v) is 7.16. The highest BCUT2D eigenvalue weighted by atomic mass is 79.9. The van der Waals surface area contributed by atoms with E-state index >= 15 is 0 Å². The molecule has 4 nitrogen and oxygen atoms in total. The van der Waals surface area contributed by atoms with Gasteiger partial charge < -0.3 is 8.82 Å². The lowest BCUT2D eigenvalue weighted by molar-refractivity contribution is 0.615. The van der Waals surface area contributed by atoms with Gasteiger partial charge in [0.2, 0.25) is 0 Å². The van der Waals surface area contributed by atoms with Gasteiger partial charge in [-0.05, 0) is 30.3 Å². The van der Waals surface area contributed by atoms with Gasteiger partial charge in [0.1, 0.15) is 11.3 Å². The number of nitrogens with zero attached hydrogens (tertiary/aromatic N) is 2. The zero-order valence-corrected chi connectivity index (χ0v) is 12.4. The second-order valence-corrected chi connectivity index (χ2v) is 5.64. The van der Waals surface area contributed by atoms with Gasteiger partial charge in [0.25, 0.3) is 0 Å². The largest absolute Gasteiger partial charge is 0.454 e. The maximum absolute atomic E-state index is 12.2. The van der Waals surface area contributed by atoms with Crippen molar-refractivity contribution in [2.75, 3.05) is 0 Å². The van der Waals surface area contributed by atoms with E-state index in [0.29, 0.717) is 22.4 Å². The third-order valence-corrected chi connectivity index (χ3v) is 3.84. The Morgan fingerprint density at radius 1 is 1.19 bits per heavy atom. The fourth-order valence-corrected chi connectivity index (χ4v) is 2.68. The Kier molecular flexibility index (Phi) is 2.68. The van der Waals surface area contributed by atoms with Crippen molar-refractivity contribution in [3.8, 4) is 11.5 Å². The number of hydrogen-bond donors (Lipinski definition) is 0. The predicted octanol–water partition coefficient (Wildman–Crippen LogP) is 3.87. The van der Waals surface area contributed by atoms with Crippen LogP contribution in [-0.2, 0) is 0 Å².